The minimum atomic E-state index is 0.144. The van der Waals surface area contributed by atoms with E-state index in [1.54, 1.807) is 11.8 Å². The van der Waals surface area contributed by atoms with Gasteiger partial charge in [0.15, 0.2) is 11.5 Å². The van der Waals surface area contributed by atoms with Gasteiger partial charge in [-0.1, -0.05) is 35.7 Å². The van der Waals surface area contributed by atoms with Crippen molar-refractivity contribution < 1.29 is 14.3 Å². The number of fused-ring (bicyclic) bond motifs is 1. The van der Waals surface area contributed by atoms with E-state index in [2.05, 4.69) is 28.2 Å². The molecule has 2 aliphatic rings. The number of amides is 1. The minimum absolute atomic E-state index is 0.144. The molecule has 2 atom stereocenters. The van der Waals surface area contributed by atoms with Gasteiger partial charge >= 0.3 is 0 Å². The molecule has 0 aromatic heterocycles. The summed E-state index contributed by atoms with van der Waals surface area (Å²) >= 11 is 5.18. The lowest BCUT2D eigenvalue weighted by molar-refractivity contribution is -0.119. The number of benzene rings is 1. The van der Waals surface area contributed by atoms with Crippen molar-refractivity contribution in [3.8, 4) is 11.5 Å². The molecule has 1 aliphatic heterocycles. The number of carbonyl (C=O) groups is 1. The second-order valence-corrected chi connectivity index (χ2v) is 8.07. The van der Waals surface area contributed by atoms with Gasteiger partial charge in [0.2, 0.25) is 12.7 Å². The molecule has 126 valence electrons. The number of hydrogen-bond donors (Lipinski definition) is 1. The van der Waals surface area contributed by atoms with Crippen LogP contribution in [-0.4, -0.2) is 24.5 Å². The Balaban J connectivity index is 1.47. The fourth-order valence-corrected chi connectivity index (χ4v) is 4.58. The summed E-state index contributed by atoms with van der Waals surface area (Å²) in [5.74, 6) is 3.56. The SMILES string of the molecule is C[C@@H]1CCCC[C@H]1NC(=O)CSCc1cc2c(cc1Br)OCO2. The highest BCUT2D eigenvalue weighted by atomic mass is 79.9. The lowest BCUT2D eigenvalue weighted by atomic mass is 9.86. The van der Waals surface area contributed by atoms with Crippen molar-refractivity contribution in [2.45, 2.75) is 44.4 Å². The molecule has 1 saturated carbocycles. The van der Waals surface area contributed by atoms with E-state index in [4.69, 9.17) is 9.47 Å². The topological polar surface area (TPSA) is 47.6 Å². The number of rotatable bonds is 5. The van der Waals surface area contributed by atoms with Crippen LogP contribution in [0.1, 0.15) is 38.2 Å². The van der Waals surface area contributed by atoms with E-state index in [1.807, 2.05) is 12.1 Å². The predicted octanol–water partition coefficient (Wildman–Crippen LogP) is 4.11. The second-order valence-electron chi connectivity index (χ2n) is 6.23. The van der Waals surface area contributed by atoms with E-state index in [9.17, 15) is 4.79 Å². The van der Waals surface area contributed by atoms with Crippen LogP contribution in [0.4, 0.5) is 0 Å². The van der Waals surface area contributed by atoms with Crippen LogP contribution in [0.3, 0.4) is 0 Å². The zero-order valence-electron chi connectivity index (χ0n) is 13.3. The summed E-state index contributed by atoms with van der Waals surface area (Å²) in [6, 6.07) is 4.27. The summed E-state index contributed by atoms with van der Waals surface area (Å²) < 4.78 is 11.7. The molecule has 3 rings (SSSR count). The van der Waals surface area contributed by atoms with Gasteiger partial charge in [0.1, 0.15) is 0 Å². The largest absolute Gasteiger partial charge is 0.454 e. The Morgan fingerprint density at radius 3 is 2.83 bits per heavy atom. The van der Waals surface area contributed by atoms with Crippen molar-refractivity contribution in [3.05, 3.63) is 22.2 Å². The molecule has 1 aliphatic carbocycles. The summed E-state index contributed by atoms with van der Waals surface area (Å²) in [5, 5.41) is 3.19. The molecule has 0 unspecified atom stereocenters. The smallest absolute Gasteiger partial charge is 0.231 e. The number of thioether (sulfide) groups is 1. The third-order valence-electron chi connectivity index (χ3n) is 4.49. The summed E-state index contributed by atoms with van der Waals surface area (Å²) in [6.45, 7) is 2.52. The first kappa shape index (κ1) is 17.0. The molecule has 1 fully saturated rings. The molecule has 1 N–H and O–H groups in total. The molecule has 23 heavy (non-hydrogen) atoms. The summed E-state index contributed by atoms with van der Waals surface area (Å²) in [5.41, 5.74) is 1.12. The fraction of sp³-hybridized carbons (Fsp3) is 0.588. The van der Waals surface area contributed by atoms with Crippen LogP contribution in [0.25, 0.3) is 0 Å². The summed E-state index contributed by atoms with van der Waals surface area (Å²) in [7, 11) is 0. The van der Waals surface area contributed by atoms with Crippen molar-refractivity contribution in [1.82, 2.24) is 5.32 Å². The average molecular weight is 400 g/mol. The molecule has 0 bridgehead atoms. The fourth-order valence-electron chi connectivity index (χ4n) is 3.10. The number of nitrogens with one attached hydrogen (secondary N) is 1. The molecule has 1 aromatic rings. The van der Waals surface area contributed by atoms with Gasteiger partial charge < -0.3 is 14.8 Å². The Morgan fingerprint density at radius 1 is 1.30 bits per heavy atom. The van der Waals surface area contributed by atoms with Crippen LogP contribution in [0.2, 0.25) is 0 Å². The van der Waals surface area contributed by atoms with E-state index in [0.717, 1.165) is 33.7 Å². The summed E-state index contributed by atoms with van der Waals surface area (Å²) in [6.07, 6.45) is 4.86. The zero-order chi connectivity index (χ0) is 16.2. The highest BCUT2D eigenvalue weighted by molar-refractivity contribution is 9.10. The number of hydrogen-bond acceptors (Lipinski definition) is 4. The first-order valence-corrected chi connectivity index (χ1v) is 10.0. The van der Waals surface area contributed by atoms with Crippen molar-refractivity contribution in [1.29, 1.82) is 0 Å². The molecule has 1 aromatic carbocycles. The van der Waals surface area contributed by atoms with Crippen LogP contribution in [0, 0.1) is 5.92 Å². The molecule has 0 radical (unpaired) electrons. The Labute approximate surface area is 149 Å². The van der Waals surface area contributed by atoms with Crippen molar-refractivity contribution >= 4 is 33.6 Å². The highest BCUT2D eigenvalue weighted by Gasteiger charge is 2.22. The predicted molar refractivity (Wildman–Crippen MR) is 96.0 cm³/mol. The van der Waals surface area contributed by atoms with Gasteiger partial charge in [0, 0.05) is 16.3 Å². The molecule has 1 amide bonds. The molecule has 0 spiro atoms. The van der Waals surface area contributed by atoms with Crippen LogP contribution >= 0.6 is 27.7 Å². The van der Waals surface area contributed by atoms with Gasteiger partial charge in [-0.05, 0) is 36.5 Å². The molecule has 1 heterocycles. The van der Waals surface area contributed by atoms with Crippen molar-refractivity contribution in [3.63, 3.8) is 0 Å². The van der Waals surface area contributed by atoms with Gasteiger partial charge in [0.05, 0.1) is 5.75 Å². The zero-order valence-corrected chi connectivity index (χ0v) is 15.7. The van der Waals surface area contributed by atoms with E-state index in [0.29, 0.717) is 17.7 Å². The quantitative estimate of drug-likeness (QED) is 0.808. The standard InChI is InChI=1S/C17H22BrNO3S/c1-11-4-2-3-5-14(11)19-17(20)9-23-8-12-6-15-16(7-13(12)18)22-10-21-15/h6-7,11,14H,2-5,8-10H2,1H3,(H,19,20)/t11-,14-/m1/s1. The molecular weight excluding hydrogens is 378 g/mol. The maximum atomic E-state index is 12.1. The second kappa shape index (κ2) is 7.79. The normalized spacial score (nSPS) is 22.9. The molecule has 4 nitrogen and oxygen atoms in total. The maximum absolute atomic E-state index is 12.1. The van der Waals surface area contributed by atoms with Crippen molar-refractivity contribution in [2.24, 2.45) is 5.92 Å². The van der Waals surface area contributed by atoms with E-state index in [1.165, 1.54) is 19.3 Å². The van der Waals surface area contributed by atoms with Gasteiger partial charge in [-0.2, -0.15) is 0 Å². The molecule has 6 heteroatoms. The van der Waals surface area contributed by atoms with E-state index < -0.39 is 0 Å². The molecular formula is C17H22BrNO3S. The Morgan fingerprint density at radius 2 is 2.04 bits per heavy atom. The van der Waals surface area contributed by atoms with E-state index >= 15 is 0 Å². The van der Waals surface area contributed by atoms with Crippen molar-refractivity contribution in [2.75, 3.05) is 12.5 Å². The Kier molecular flexibility index (Phi) is 5.75. The molecule has 0 saturated heterocycles. The first-order chi connectivity index (χ1) is 11.1. The number of halogens is 1. The van der Waals surface area contributed by atoms with Gasteiger partial charge in [-0.3, -0.25) is 4.79 Å². The Bertz CT molecular complexity index is 581. The third kappa shape index (κ3) is 4.35. The van der Waals surface area contributed by atoms with Gasteiger partial charge in [-0.15, -0.1) is 11.8 Å². The number of carbonyl (C=O) groups excluding carboxylic acids is 1. The lowest BCUT2D eigenvalue weighted by Gasteiger charge is -2.29. The van der Waals surface area contributed by atoms with Gasteiger partial charge in [0.25, 0.3) is 0 Å². The highest BCUT2D eigenvalue weighted by Crippen LogP contribution is 2.38. The summed E-state index contributed by atoms with van der Waals surface area (Å²) in [4.78, 5) is 12.1. The monoisotopic (exact) mass is 399 g/mol. The van der Waals surface area contributed by atoms with Gasteiger partial charge in [-0.25, -0.2) is 0 Å². The van der Waals surface area contributed by atoms with Crippen LogP contribution in [0.5, 0.6) is 11.5 Å². The lowest BCUT2D eigenvalue weighted by Crippen LogP contribution is -2.41. The first-order valence-electron chi connectivity index (χ1n) is 8.08. The Hall–Kier alpha value is -0.880. The minimum Gasteiger partial charge on any atom is -0.454 e. The third-order valence-corrected chi connectivity index (χ3v) is 6.21. The average Bonchev–Trinajstić information content (AvgIpc) is 2.97. The van der Waals surface area contributed by atoms with Crippen LogP contribution < -0.4 is 14.8 Å². The van der Waals surface area contributed by atoms with Crippen LogP contribution in [-0.2, 0) is 10.5 Å². The van der Waals surface area contributed by atoms with E-state index in [-0.39, 0.29) is 12.7 Å². The van der Waals surface area contributed by atoms with Crippen LogP contribution in [0.15, 0.2) is 16.6 Å². The number of ether oxygens (including phenoxy) is 2. The maximum Gasteiger partial charge on any atom is 0.231 e.